The molecule has 8 rings (SSSR count). The van der Waals surface area contributed by atoms with Crippen LogP contribution in [0, 0.1) is 0 Å². The molecule has 2 aromatic heterocycles. The van der Waals surface area contributed by atoms with Crippen molar-refractivity contribution in [3.8, 4) is 33.9 Å². The highest BCUT2D eigenvalue weighted by Crippen LogP contribution is 2.34. The number of hydrogen-bond acceptors (Lipinski definition) is 1. The summed E-state index contributed by atoms with van der Waals surface area (Å²) in [6.45, 7) is 0. The standard InChI is InChI=1S/C37H25N3/c1-2-13-29(14-3-1)40-36-20-9-6-17-33(36)38-37(40)28-12-10-11-27(25-28)26-21-23-30(24-22-26)39-34-18-7-4-15-31(34)32-16-5-8-19-35(32)39/h1-25H. The van der Waals surface area contributed by atoms with Gasteiger partial charge in [0.25, 0.3) is 0 Å². The summed E-state index contributed by atoms with van der Waals surface area (Å²) in [7, 11) is 0. The van der Waals surface area contributed by atoms with Gasteiger partial charge in [-0.15, -0.1) is 0 Å². The van der Waals surface area contributed by atoms with Gasteiger partial charge in [0, 0.05) is 27.7 Å². The molecule has 0 N–H and O–H groups in total. The quantitative estimate of drug-likeness (QED) is 0.231. The number of nitrogens with zero attached hydrogens (tertiary/aromatic N) is 3. The summed E-state index contributed by atoms with van der Waals surface area (Å²) in [5.41, 5.74) is 10.2. The molecule has 0 spiro atoms. The Morgan fingerprint density at radius 1 is 0.375 bits per heavy atom. The molecule has 0 atom stereocenters. The Morgan fingerprint density at radius 2 is 0.950 bits per heavy atom. The molecule has 0 bridgehead atoms. The first kappa shape index (κ1) is 22.6. The maximum Gasteiger partial charge on any atom is 0.145 e. The lowest BCUT2D eigenvalue weighted by atomic mass is 10.0. The van der Waals surface area contributed by atoms with Crippen LogP contribution in [0.5, 0.6) is 0 Å². The number of fused-ring (bicyclic) bond motifs is 4. The summed E-state index contributed by atoms with van der Waals surface area (Å²) in [5.74, 6) is 0.941. The minimum absolute atomic E-state index is 0.941. The van der Waals surface area contributed by atoms with Crippen LogP contribution in [0.3, 0.4) is 0 Å². The number of hydrogen-bond donors (Lipinski definition) is 0. The molecule has 0 aliphatic heterocycles. The van der Waals surface area contributed by atoms with E-state index < -0.39 is 0 Å². The van der Waals surface area contributed by atoms with E-state index in [1.807, 2.05) is 12.1 Å². The summed E-state index contributed by atoms with van der Waals surface area (Å²) >= 11 is 0. The highest BCUT2D eigenvalue weighted by atomic mass is 15.1. The zero-order chi connectivity index (χ0) is 26.5. The molecular weight excluding hydrogens is 486 g/mol. The van der Waals surface area contributed by atoms with Crippen LogP contribution in [0.4, 0.5) is 0 Å². The van der Waals surface area contributed by atoms with Gasteiger partial charge in [0.15, 0.2) is 0 Å². The van der Waals surface area contributed by atoms with Crippen molar-refractivity contribution in [1.82, 2.24) is 14.1 Å². The molecule has 40 heavy (non-hydrogen) atoms. The molecule has 3 nitrogen and oxygen atoms in total. The third kappa shape index (κ3) is 3.56. The van der Waals surface area contributed by atoms with Crippen LogP contribution in [-0.4, -0.2) is 14.1 Å². The molecule has 0 unspecified atom stereocenters. The lowest BCUT2D eigenvalue weighted by molar-refractivity contribution is 1.10. The first-order valence-electron chi connectivity index (χ1n) is 13.6. The Balaban J connectivity index is 1.23. The highest BCUT2D eigenvalue weighted by molar-refractivity contribution is 6.09. The van der Waals surface area contributed by atoms with Gasteiger partial charge < -0.3 is 4.57 Å². The summed E-state index contributed by atoms with van der Waals surface area (Å²) in [5, 5.41) is 2.55. The summed E-state index contributed by atoms with van der Waals surface area (Å²) < 4.78 is 4.60. The van der Waals surface area contributed by atoms with Crippen molar-refractivity contribution in [2.45, 2.75) is 0 Å². The Hall–Kier alpha value is -5.41. The van der Waals surface area contributed by atoms with Crippen LogP contribution < -0.4 is 0 Å². The van der Waals surface area contributed by atoms with E-state index in [-0.39, 0.29) is 0 Å². The predicted octanol–water partition coefficient (Wildman–Crippen LogP) is 9.46. The van der Waals surface area contributed by atoms with E-state index in [0.717, 1.165) is 39.4 Å². The van der Waals surface area contributed by atoms with Gasteiger partial charge >= 0.3 is 0 Å². The Labute approximate surface area is 232 Å². The zero-order valence-corrected chi connectivity index (χ0v) is 21.8. The van der Waals surface area contributed by atoms with E-state index in [2.05, 4.69) is 149 Å². The third-order valence-corrected chi connectivity index (χ3v) is 7.73. The van der Waals surface area contributed by atoms with Crippen molar-refractivity contribution in [3.63, 3.8) is 0 Å². The smallest absolute Gasteiger partial charge is 0.145 e. The molecular formula is C37H25N3. The van der Waals surface area contributed by atoms with Crippen LogP contribution >= 0.6 is 0 Å². The minimum Gasteiger partial charge on any atom is -0.309 e. The molecule has 0 amide bonds. The van der Waals surface area contributed by atoms with Crippen LogP contribution in [0.1, 0.15) is 0 Å². The fourth-order valence-electron chi connectivity index (χ4n) is 5.90. The molecule has 0 aliphatic rings. The lowest BCUT2D eigenvalue weighted by Crippen LogP contribution is -1.97. The number of para-hydroxylation sites is 5. The maximum atomic E-state index is 5.06. The van der Waals surface area contributed by atoms with Gasteiger partial charge in [-0.05, 0) is 65.7 Å². The third-order valence-electron chi connectivity index (χ3n) is 7.73. The van der Waals surface area contributed by atoms with Gasteiger partial charge in [-0.2, -0.15) is 0 Å². The average Bonchev–Trinajstić information content (AvgIpc) is 3.58. The van der Waals surface area contributed by atoms with Crippen molar-refractivity contribution in [1.29, 1.82) is 0 Å². The molecule has 0 saturated carbocycles. The monoisotopic (exact) mass is 511 g/mol. The van der Waals surface area contributed by atoms with Crippen molar-refractivity contribution >= 4 is 32.8 Å². The van der Waals surface area contributed by atoms with Gasteiger partial charge in [0.05, 0.1) is 22.1 Å². The SMILES string of the molecule is c1ccc(-n2c(-c3cccc(-c4ccc(-n5c6ccccc6c6ccccc65)cc4)c3)nc3ccccc32)cc1. The van der Waals surface area contributed by atoms with Crippen LogP contribution in [0.2, 0.25) is 0 Å². The van der Waals surface area contributed by atoms with Gasteiger partial charge in [-0.25, -0.2) is 4.98 Å². The fourth-order valence-corrected chi connectivity index (χ4v) is 5.90. The minimum atomic E-state index is 0.941. The number of rotatable bonds is 4. The number of benzene rings is 6. The van der Waals surface area contributed by atoms with E-state index in [0.29, 0.717) is 0 Å². The van der Waals surface area contributed by atoms with E-state index >= 15 is 0 Å². The van der Waals surface area contributed by atoms with E-state index in [1.54, 1.807) is 0 Å². The fraction of sp³-hybridized carbons (Fsp3) is 0. The van der Waals surface area contributed by atoms with E-state index in [1.165, 1.54) is 27.4 Å². The van der Waals surface area contributed by atoms with Gasteiger partial charge in [0.2, 0.25) is 0 Å². The zero-order valence-electron chi connectivity index (χ0n) is 21.8. The number of imidazole rings is 1. The van der Waals surface area contributed by atoms with Crippen molar-refractivity contribution in [2.24, 2.45) is 0 Å². The second-order valence-corrected chi connectivity index (χ2v) is 10.1. The molecule has 0 aliphatic carbocycles. The topological polar surface area (TPSA) is 22.8 Å². The summed E-state index contributed by atoms with van der Waals surface area (Å²) in [6.07, 6.45) is 0. The first-order valence-corrected chi connectivity index (χ1v) is 13.6. The van der Waals surface area contributed by atoms with Crippen LogP contribution in [0.15, 0.2) is 152 Å². The van der Waals surface area contributed by atoms with Crippen LogP contribution in [-0.2, 0) is 0 Å². The van der Waals surface area contributed by atoms with Crippen molar-refractivity contribution < 1.29 is 0 Å². The molecule has 8 aromatic rings. The van der Waals surface area contributed by atoms with Crippen molar-refractivity contribution in [2.75, 3.05) is 0 Å². The predicted molar refractivity (Wildman–Crippen MR) is 166 cm³/mol. The second-order valence-electron chi connectivity index (χ2n) is 10.1. The molecule has 6 aromatic carbocycles. The summed E-state index contributed by atoms with van der Waals surface area (Å²) in [6, 6.07) is 53.6. The molecule has 188 valence electrons. The maximum absolute atomic E-state index is 5.06. The number of aromatic nitrogens is 3. The molecule has 0 saturated heterocycles. The van der Waals surface area contributed by atoms with Crippen LogP contribution in [0.25, 0.3) is 66.7 Å². The average molecular weight is 512 g/mol. The van der Waals surface area contributed by atoms with Gasteiger partial charge in [-0.3, -0.25) is 4.57 Å². The summed E-state index contributed by atoms with van der Waals surface area (Å²) in [4.78, 5) is 5.06. The molecule has 3 heteroatoms. The van der Waals surface area contributed by atoms with Crippen molar-refractivity contribution in [3.05, 3.63) is 152 Å². The lowest BCUT2D eigenvalue weighted by Gasteiger charge is -2.12. The Kier molecular flexibility index (Phi) is 5.14. The Morgan fingerprint density at radius 3 is 1.68 bits per heavy atom. The molecule has 0 fully saturated rings. The highest BCUT2D eigenvalue weighted by Gasteiger charge is 2.15. The van der Waals surface area contributed by atoms with E-state index in [9.17, 15) is 0 Å². The second kappa shape index (κ2) is 9.11. The van der Waals surface area contributed by atoms with Gasteiger partial charge in [0.1, 0.15) is 5.82 Å². The van der Waals surface area contributed by atoms with E-state index in [4.69, 9.17) is 4.98 Å². The molecule has 2 heterocycles. The largest absolute Gasteiger partial charge is 0.309 e. The Bertz CT molecular complexity index is 2100. The van der Waals surface area contributed by atoms with Gasteiger partial charge in [-0.1, -0.05) is 97.1 Å². The normalized spacial score (nSPS) is 11.5. The molecule has 0 radical (unpaired) electrons. The first-order chi connectivity index (χ1) is 19.8.